The molecule has 1 heterocycles. The van der Waals surface area contributed by atoms with Crippen LogP contribution in [0.2, 0.25) is 0 Å². The Bertz CT molecular complexity index is 358. The van der Waals surface area contributed by atoms with Gasteiger partial charge in [0.1, 0.15) is 0 Å². The Morgan fingerprint density at radius 1 is 1.06 bits per heavy atom. The molecule has 2 fully saturated rings. The molecule has 5 heteroatoms. The van der Waals surface area contributed by atoms with Crippen molar-refractivity contribution >= 4 is 15.7 Å². The maximum Gasteiger partial charge on any atom is 0.152 e. The van der Waals surface area contributed by atoms with Crippen LogP contribution in [0.4, 0.5) is 0 Å². The Kier molecular flexibility index (Phi) is 3.52. The van der Waals surface area contributed by atoms with E-state index in [1.807, 2.05) is 4.90 Å². The fourth-order valence-electron chi connectivity index (χ4n) is 2.64. The van der Waals surface area contributed by atoms with E-state index in [0.29, 0.717) is 30.5 Å². The third-order valence-electron chi connectivity index (χ3n) is 3.64. The van der Waals surface area contributed by atoms with Gasteiger partial charge in [0.05, 0.1) is 17.3 Å². The largest absolute Gasteiger partial charge is 0.359 e. The number of amidine groups is 1. The van der Waals surface area contributed by atoms with Gasteiger partial charge in [-0.05, 0) is 19.3 Å². The summed E-state index contributed by atoms with van der Waals surface area (Å²) in [5.41, 5.74) is 0. The van der Waals surface area contributed by atoms with Crippen LogP contribution in [0, 0.1) is 11.3 Å². The molecule has 0 bridgehead atoms. The minimum absolute atomic E-state index is 0.224. The molecule has 1 saturated heterocycles. The zero-order valence-corrected chi connectivity index (χ0v) is 10.4. The highest BCUT2D eigenvalue weighted by Crippen LogP contribution is 2.27. The maximum absolute atomic E-state index is 11.5. The number of nitrogens with one attached hydrogen (secondary N) is 1. The predicted molar refractivity (Wildman–Crippen MR) is 64.5 cm³/mol. The Hall–Kier alpha value is -0.580. The molecule has 1 saturated carbocycles. The molecule has 4 nitrogen and oxygen atoms in total. The predicted octanol–water partition coefficient (Wildman–Crippen LogP) is 1.27. The van der Waals surface area contributed by atoms with E-state index in [1.54, 1.807) is 0 Å². The highest BCUT2D eigenvalue weighted by atomic mass is 32.2. The van der Waals surface area contributed by atoms with Gasteiger partial charge >= 0.3 is 0 Å². The lowest BCUT2D eigenvalue weighted by Crippen LogP contribution is -2.36. The number of rotatable bonds is 1. The summed E-state index contributed by atoms with van der Waals surface area (Å²) in [5, 5.41) is 8.14. The third kappa shape index (κ3) is 2.75. The van der Waals surface area contributed by atoms with Gasteiger partial charge in [0.2, 0.25) is 0 Å². The van der Waals surface area contributed by atoms with Crippen molar-refractivity contribution in [1.82, 2.24) is 4.90 Å². The van der Waals surface area contributed by atoms with E-state index in [4.69, 9.17) is 5.41 Å². The molecule has 2 aliphatic rings. The average molecular weight is 244 g/mol. The van der Waals surface area contributed by atoms with Gasteiger partial charge in [0.25, 0.3) is 0 Å². The molecule has 0 spiro atoms. The van der Waals surface area contributed by atoms with Crippen LogP contribution in [-0.2, 0) is 9.84 Å². The molecule has 0 radical (unpaired) electrons. The van der Waals surface area contributed by atoms with Crippen molar-refractivity contribution in [2.24, 2.45) is 5.92 Å². The Balaban J connectivity index is 1.96. The summed E-state index contributed by atoms with van der Waals surface area (Å²) in [6, 6.07) is 0. The molecule has 0 atom stereocenters. The first-order valence-corrected chi connectivity index (χ1v) is 7.94. The molecule has 1 aliphatic heterocycles. The molecule has 1 aliphatic carbocycles. The van der Waals surface area contributed by atoms with E-state index in [2.05, 4.69) is 0 Å². The summed E-state index contributed by atoms with van der Waals surface area (Å²) in [5.74, 6) is 1.60. The summed E-state index contributed by atoms with van der Waals surface area (Å²) in [6.45, 7) is 1.27. The topological polar surface area (TPSA) is 61.2 Å². The van der Waals surface area contributed by atoms with E-state index in [1.165, 1.54) is 12.8 Å². The summed E-state index contributed by atoms with van der Waals surface area (Å²) < 4.78 is 22.9. The first kappa shape index (κ1) is 11.9. The van der Waals surface area contributed by atoms with Gasteiger partial charge in [-0.3, -0.25) is 5.41 Å². The van der Waals surface area contributed by atoms with Gasteiger partial charge < -0.3 is 4.90 Å². The molecule has 0 amide bonds. The molecular formula is C11H20N2O2S. The number of hydrogen-bond donors (Lipinski definition) is 1. The van der Waals surface area contributed by atoms with Crippen LogP contribution >= 0.6 is 0 Å². The lowest BCUT2D eigenvalue weighted by atomic mass is 10.1. The van der Waals surface area contributed by atoms with E-state index in [9.17, 15) is 8.42 Å². The van der Waals surface area contributed by atoms with Crippen LogP contribution < -0.4 is 0 Å². The van der Waals surface area contributed by atoms with Gasteiger partial charge in [-0.15, -0.1) is 0 Å². The lowest BCUT2D eigenvalue weighted by Gasteiger charge is -2.26. The molecule has 92 valence electrons. The van der Waals surface area contributed by atoms with Gasteiger partial charge in [-0.1, -0.05) is 12.8 Å². The lowest BCUT2D eigenvalue weighted by molar-refractivity contribution is 0.415. The monoisotopic (exact) mass is 244 g/mol. The third-order valence-corrected chi connectivity index (χ3v) is 5.35. The van der Waals surface area contributed by atoms with Crippen molar-refractivity contribution in [2.45, 2.75) is 32.1 Å². The van der Waals surface area contributed by atoms with Crippen molar-refractivity contribution in [3.8, 4) is 0 Å². The van der Waals surface area contributed by atoms with Crippen LogP contribution in [0.25, 0.3) is 0 Å². The molecule has 0 aromatic heterocycles. The van der Waals surface area contributed by atoms with Crippen LogP contribution in [0.15, 0.2) is 0 Å². The molecule has 0 unspecified atom stereocenters. The molecule has 16 heavy (non-hydrogen) atoms. The van der Waals surface area contributed by atoms with Crippen LogP contribution in [0.5, 0.6) is 0 Å². The SMILES string of the molecule is N=C(C1CCCC1)N1CCCS(=O)(=O)CC1. The van der Waals surface area contributed by atoms with E-state index < -0.39 is 9.84 Å². The van der Waals surface area contributed by atoms with E-state index in [-0.39, 0.29) is 5.75 Å². The number of hydrogen-bond acceptors (Lipinski definition) is 3. The quantitative estimate of drug-likeness (QED) is 0.558. The van der Waals surface area contributed by atoms with Crippen molar-refractivity contribution in [2.75, 3.05) is 24.6 Å². The minimum Gasteiger partial charge on any atom is -0.359 e. The smallest absolute Gasteiger partial charge is 0.152 e. The Morgan fingerprint density at radius 2 is 1.75 bits per heavy atom. The highest BCUT2D eigenvalue weighted by molar-refractivity contribution is 7.91. The fraction of sp³-hybridized carbons (Fsp3) is 0.909. The van der Waals surface area contributed by atoms with E-state index >= 15 is 0 Å². The summed E-state index contributed by atoms with van der Waals surface area (Å²) in [7, 11) is -2.85. The van der Waals surface area contributed by atoms with Gasteiger partial charge in [0, 0.05) is 19.0 Å². The summed E-state index contributed by atoms with van der Waals surface area (Å²) in [6.07, 6.45) is 5.35. The highest BCUT2D eigenvalue weighted by Gasteiger charge is 2.26. The Morgan fingerprint density at radius 3 is 2.44 bits per heavy atom. The fourth-order valence-corrected chi connectivity index (χ4v) is 3.91. The zero-order valence-electron chi connectivity index (χ0n) is 9.61. The first-order chi connectivity index (χ1) is 7.58. The van der Waals surface area contributed by atoms with Crippen molar-refractivity contribution < 1.29 is 8.42 Å². The van der Waals surface area contributed by atoms with Gasteiger partial charge in [0.15, 0.2) is 9.84 Å². The van der Waals surface area contributed by atoms with Crippen LogP contribution in [-0.4, -0.2) is 43.7 Å². The second-order valence-corrected chi connectivity index (χ2v) is 7.16. The average Bonchev–Trinajstić information content (AvgIpc) is 2.69. The molecule has 0 aromatic carbocycles. The van der Waals surface area contributed by atoms with E-state index in [0.717, 1.165) is 19.4 Å². The molecule has 0 aromatic rings. The number of nitrogens with zero attached hydrogens (tertiary/aromatic N) is 1. The first-order valence-electron chi connectivity index (χ1n) is 6.12. The second-order valence-electron chi connectivity index (χ2n) is 4.86. The summed E-state index contributed by atoms with van der Waals surface area (Å²) >= 11 is 0. The normalized spacial score (nSPS) is 26.6. The Labute approximate surface area is 97.4 Å². The minimum atomic E-state index is -2.85. The summed E-state index contributed by atoms with van der Waals surface area (Å²) in [4.78, 5) is 1.99. The van der Waals surface area contributed by atoms with Crippen molar-refractivity contribution in [1.29, 1.82) is 5.41 Å². The zero-order chi connectivity index (χ0) is 11.6. The van der Waals surface area contributed by atoms with Crippen LogP contribution in [0.3, 0.4) is 0 Å². The number of sulfone groups is 1. The van der Waals surface area contributed by atoms with Gasteiger partial charge in [-0.2, -0.15) is 0 Å². The van der Waals surface area contributed by atoms with Crippen molar-refractivity contribution in [3.05, 3.63) is 0 Å². The molecule has 1 N–H and O–H groups in total. The van der Waals surface area contributed by atoms with Crippen molar-refractivity contribution in [3.63, 3.8) is 0 Å². The maximum atomic E-state index is 11.5. The molecule has 2 rings (SSSR count). The van der Waals surface area contributed by atoms with Crippen LogP contribution in [0.1, 0.15) is 32.1 Å². The van der Waals surface area contributed by atoms with Gasteiger partial charge in [-0.25, -0.2) is 8.42 Å². The standard InChI is InChI=1S/C11H20N2O2S/c12-11(10-4-1-2-5-10)13-6-3-8-16(14,15)9-7-13/h10,12H,1-9H2. The molecular weight excluding hydrogens is 224 g/mol. The second kappa shape index (κ2) is 4.73.